The van der Waals surface area contributed by atoms with Crippen LogP contribution >= 0.6 is 0 Å². The molecule has 1 rings (SSSR count). The lowest BCUT2D eigenvalue weighted by atomic mass is 9.61. The van der Waals surface area contributed by atoms with E-state index in [-0.39, 0.29) is 0 Å². The molecule has 0 saturated heterocycles. The van der Waals surface area contributed by atoms with Crippen molar-refractivity contribution in [3.8, 4) is 0 Å². The molecular weight excluding hydrogens is 186 g/mol. The molecule has 2 nitrogen and oxygen atoms in total. The summed E-state index contributed by atoms with van der Waals surface area (Å²) in [6.45, 7) is 7.80. The third kappa shape index (κ3) is 2.73. The van der Waals surface area contributed by atoms with E-state index >= 15 is 0 Å². The Hall–Kier alpha value is -0.0800. The second-order valence-electron chi connectivity index (χ2n) is 5.00. The summed E-state index contributed by atoms with van der Waals surface area (Å²) >= 11 is 0. The maximum atomic E-state index is 5.98. The number of rotatable bonds is 7. The van der Waals surface area contributed by atoms with Gasteiger partial charge in [-0.25, -0.2) is 0 Å². The van der Waals surface area contributed by atoms with Gasteiger partial charge in [0.2, 0.25) is 0 Å². The summed E-state index contributed by atoms with van der Waals surface area (Å²) in [5.41, 5.74) is 0.362. The summed E-state index contributed by atoms with van der Waals surface area (Å²) in [5, 5.41) is 3.39. The Bertz CT molecular complexity index is 183. The number of unbranched alkanes of at least 4 members (excludes halogenated alkanes) is 2. The van der Waals surface area contributed by atoms with Crippen LogP contribution in [0.2, 0.25) is 0 Å². The Morgan fingerprint density at radius 1 is 1.33 bits per heavy atom. The smallest absolute Gasteiger partial charge is 0.0658 e. The summed E-state index contributed by atoms with van der Waals surface area (Å²) in [7, 11) is 2.06. The van der Waals surface area contributed by atoms with Gasteiger partial charge in [0.15, 0.2) is 0 Å². The highest BCUT2D eigenvalue weighted by atomic mass is 16.5. The van der Waals surface area contributed by atoms with Gasteiger partial charge in [-0.05, 0) is 26.3 Å². The predicted octanol–water partition coefficient (Wildman–Crippen LogP) is 2.97. The normalized spacial score (nSPS) is 35.2. The van der Waals surface area contributed by atoms with Gasteiger partial charge >= 0.3 is 0 Å². The number of hydrogen-bond donors (Lipinski definition) is 1. The highest BCUT2D eigenvalue weighted by Gasteiger charge is 2.50. The molecule has 3 unspecified atom stereocenters. The molecule has 90 valence electrons. The molecule has 0 aromatic heterocycles. The SMILES string of the molecule is CCCCCOC1CC(NC)C1(C)CC. The Labute approximate surface area is 94.8 Å². The van der Waals surface area contributed by atoms with Gasteiger partial charge in [0.1, 0.15) is 0 Å². The van der Waals surface area contributed by atoms with Crippen molar-refractivity contribution < 1.29 is 4.74 Å². The summed E-state index contributed by atoms with van der Waals surface area (Å²) < 4.78 is 5.98. The van der Waals surface area contributed by atoms with Crippen molar-refractivity contribution >= 4 is 0 Å². The maximum absolute atomic E-state index is 5.98. The van der Waals surface area contributed by atoms with Gasteiger partial charge in [0.05, 0.1) is 6.10 Å². The first-order valence-electron chi connectivity index (χ1n) is 6.47. The summed E-state index contributed by atoms with van der Waals surface area (Å²) in [6, 6.07) is 0.652. The van der Waals surface area contributed by atoms with Crippen molar-refractivity contribution in [1.82, 2.24) is 5.32 Å². The monoisotopic (exact) mass is 213 g/mol. The van der Waals surface area contributed by atoms with Crippen molar-refractivity contribution in [2.45, 2.75) is 65.0 Å². The van der Waals surface area contributed by atoms with E-state index in [2.05, 4.69) is 33.1 Å². The zero-order valence-electron chi connectivity index (χ0n) is 10.8. The quantitative estimate of drug-likeness (QED) is 0.656. The first kappa shape index (κ1) is 13.0. The molecule has 1 fully saturated rings. The van der Waals surface area contributed by atoms with Crippen molar-refractivity contribution in [1.29, 1.82) is 0 Å². The van der Waals surface area contributed by atoms with Gasteiger partial charge in [-0.15, -0.1) is 0 Å². The van der Waals surface area contributed by atoms with Crippen LogP contribution in [0.25, 0.3) is 0 Å². The minimum absolute atomic E-state index is 0.362. The number of hydrogen-bond acceptors (Lipinski definition) is 2. The molecule has 1 aliphatic carbocycles. The van der Waals surface area contributed by atoms with Crippen LogP contribution in [-0.4, -0.2) is 25.8 Å². The average Bonchev–Trinajstić information content (AvgIpc) is 2.26. The van der Waals surface area contributed by atoms with Crippen LogP contribution in [0, 0.1) is 5.41 Å². The molecule has 2 heteroatoms. The molecule has 0 amide bonds. The maximum Gasteiger partial charge on any atom is 0.0658 e. The fraction of sp³-hybridized carbons (Fsp3) is 1.00. The van der Waals surface area contributed by atoms with E-state index in [1.165, 1.54) is 32.1 Å². The van der Waals surface area contributed by atoms with E-state index < -0.39 is 0 Å². The number of nitrogens with one attached hydrogen (secondary N) is 1. The minimum atomic E-state index is 0.362. The van der Waals surface area contributed by atoms with Crippen molar-refractivity contribution in [2.24, 2.45) is 5.41 Å². The Balaban J connectivity index is 2.26. The Kier molecular flexibility index (Phi) is 5.07. The van der Waals surface area contributed by atoms with Crippen LogP contribution < -0.4 is 5.32 Å². The molecule has 0 aliphatic heterocycles. The van der Waals surface area contributed by atoms with E-state index in [1.807, 2.05) is 0 Å². The van der Waals surface area contributed by atoms with Crippen LogP contribution in [0.4, 0.5) is 0 Å². The van der Waals surface area contributed by atoms with Gasteiger partial charge in [0.25, 0.3) is 0 Å². The third-order valence-electron chi connectivity index (χ3n) is 4.16. The average molecular weight is 213 g/mol. The molecule has 0 bridgehead atoms. The van der Waals surface area contributed by atoms with E-state index in [0.717, 1.165) is 6.61 Å². The molecule has 0 spiro atoms. The van der Waals surface area contributed by atoms with Gasteiger partial charge < -0.3 is 10.1 Å². The molecule has 0 aromatic rings. The second-order valence-corrected chi connectivity index (χ2v) is 5.00. The molecule has 3 atom stereocenters. The van der Waals surface area contributed by atoms with Crippen LogP contribution in [-0.2, 0) is 4.74 Å². The van der Waals surface area contributed by atoms with Gasteiger partial charge in [-0.1, -0.05) is 33.6 Å². The topological polar surface area (TPSA) is 21.3 Å². The lowest BCUT2D eigenvalue weighted by molar-refractivity contribution is -0.127. The predicted molar refractivity (Wildman–Crippen MR) is 65.1 cm³/mol. The Morgan fingerprint density at radius 3 is 2.60 bits per heavy atom. The summed E-state index contributed by atoms with van der Waals surface area (Å²) in [4.78, 5) is 0. The molecule has 0 heterocycles. The van der Waals surface area contributed by atoms with E-state index in [9.17, 15) is 0 Å². The van der Waals surface area contributed by atoms with Crippen LogP contribution in [0.1, 0.15) is 52.9 Å². The molecule has 1 aliphatic rings. The highest BCUT2D eigenvalue weighted by Crippen LogP contribution is 2.45. The zero-order valence-corrected chi connectivity index (χ0v) is 10.8. The fourth-order valence-electron chi connectivity index (χ4n) is 2.57. The molecular formula is C13H27NO. The standard InChI is InChI=1S/C13H27NO/c1-5-7-8-9-15-12-10-11(14-4)13(12,3)6-2/h11-12,14H,5-10H2,1-4H3. The van der Waals surface area contributed by atoms with Crippen molar-refractivity contribution in [3.63, 3.8) is 0 Å². The highest BCUT2D eigenvalue weighted by molar-refractivity contribution is 5.04. The summed E-state index contributed by atoms with van der Waals surface area (Å²) in [5.74, 6) is 0. The molecule has 1 saturated carbocycles. The number of ether oxygens (including phenoxy) is 1. The first-order chi connectivity index (χ1) is 7.19. The van der Waals surface area contributed by atoms with Gasteiger partial charge in [-0.2, -0.15) is 0 Å². The first-order valence-corrected chi connectivity index (χ1v) is 6.47. The Morgan fingerprint density at radius 2 is 2.07 bits per heavy atom. The molecule has 0 radical (unpaired) electrons. The van der Waals surface area contributed by atoms with E-state index in [0.29, 0.717) is 17.6 Å². The second kappa shape index (κ2) is 5.86. The summed E-state index contributed by atoms with van der Waals surface area (Å²) in [6.07, 6.45) is 6.67. The van der Waals surface area contributed by atoms with Gasteiger partial charge in [-0.3, -0.25) is 0 Å². The van der Waals surface area contributed by atoms with Crippen LogP contribution in [0.15, 0.2) is 0 Å². The minimum Gasteiger partial charge on any atom is -0.378 e. The third-order valence-corrected chi connectivity index (χ3v) is 4.16. The van der Waals surface area contributed by atoms with Crippen LogP contribution in [0.3, 0.4) is 0 Å². The fourth-order valence-corrected chi connectivity index (χ4v) is 2.57. The lowest BCUT2D eigenvalue weighted by Gasteiger charge is -2.53. The van der Waals surface area contributed by atoms with Crippen molar-refractivity contribution in [3.05, 3.63) is 0 Å². The van der Waals surface area contributed by atoms with E-state index in [1.54, 1.807) is 0 Å². The lowest BCUT2D eigenvalue weighted by Crippen LogP contribution is -2.61. The molecule has 15 heavy (non-hydrogen) atoms. The zero-order chi connectivity index (χ0) is 11.3. The van der Waals surface area contributed by atoms with Gasteiger partial charge in [0, 0.05) is 18.1 Å². The molecule has 1 N–H and O–H groups in total. The van der Waals surface area contributed by atoms with Crippen LogP contribution in [0.5, 0.6) is 0 Å². The van der Waals surface area contributed by atoms with Crippen molar-refractivity contribution in [2.75, 3.05) is 13.7 Å². The molecule has 0 aromatic carbocycles. The largest absolute Gasteiger partial charge is 0.378 e. The van der Waals surface area contributed by atoms with E-state index in [4.69, 9.17) is 4.74 Å².